The molecule has 1 amide bonds. The van der Waals surface area contributed by atoms with Gasteiger partial charge in [0.25, 0.3) is 0 Å². The van der Waals surface area contributed by atoms with Crippen LogP contribution in [0.5, 0.6) is 0 Å². The van der Waals surface area contributed by atoms with Crippen molar-refractivity contribution in [3.05, 3.63) is 48.3 Å². The predicted octanol–water partition coefficient (Wildman–Crippen LogP) is 1.12. The highest BCUT2D eigenvalue weighted by Gasteiger charge is 2.34. The lowest BCUT2D eigenvalue weighted by atomic mass is 10.1. The van der Waals surface area contributed by atoms with E-state index in [4.69, 9.17) is 9.84 Å². The van der Waals surface area contributed by atoms with Crippen molar-refractivity contribution >= 4 is 11.9 Å². The zero-order valence-electron chi connectivity index (χ0n) is 12.4. The van der Waals surface area contributed by atoms with E-state index in [0.717, 1.165) is 11.3 Å². The number of nitrogens with zero attached hydrogens (tertiary/aromatic N) is 2. The number of hydrogen-bond donors (Lipinski definition) is 2. The van der Waals surface area contributed by atoms with Gasteiger partial charge in [-0.05, 0) is 30.5 Å². The van der Waals surface area contributed by atoms with Gasteiger partial charge in [0.2, 0.25) is 5.91 Å². The molecule has 1 saturated heterocycles. The number of aliphatic carboxylic acids is 1. The third-order valence-electron chi connectivity index (χ3n) is 3.78. The van der Waals surface area contributed by atoms with Gasteiger partial charge in [-0.2, -0.15) is 5.10 Å². The van der Waals surface area contributed by atoms with Crippen LogP contribution in [0.2, 0.25) is 0 Å². The van der Waals surface area contributed by atoms with Crippen LogP contribution < -0.4 is 5.32 Å². The molecule has 1 aromatic carbocycles. The maximum Gasteiger partial charge on any atom is 0.332 e. The van der Waals surface area contributed by atoms with E-state index >= 15 is 0 Å². The van der Waals surface area contributed by atoms with Crippen LogP contribution in [-0.2, 0) is 20.9 Å². The number of carbonyl (C=O) groups excluding carboxylic acids is 1. The molecule has 3 rings (SSSR count). The summed E-state index contributed by atoms with van der Waals surface area (Å²) in [7, 11) is 0. The summed E-state index contributed by atoms with van der Waals surface area (Å²) < 4.78 is 6.98. The molecule has 0 bridgehead atoms. The topological polar surface area (TPSA) is 93.5 Å². The van der Waals surface area contributed by atoms with Gasteiger partial charge in [0, 0.05) is 18.9 Å². The van der Waals surface area contributed by atoms with E-state index in [1.165, 1.54) is 0 Å². The fourth-order valence-corrected chi connectivity index (χ4v) is 2.60. The van der Waals surface area contributed by atoms with E-state index in [1.54, 1.807) is 10.9 Å². The molecule has 2 heterocycles. The van der Waals surface area contributed by atoms with Crippen LogP contribution in [0.3, 0.4) is 0 Å². The second kappa shape index (κ2) is 6.62. The van der Waals surface area contributed by atoms with Gasteiger partial charge in [0.15, 0.2) is 6.10 Å². The van der Waals surface area contributed by atoms with E-state index in [9.17, 15) is 9.59 Å². The number of benzene rings is 1. The third kappa shape index (κ3) is 3.40. The van der Waals surface area contributed by atoms with Gasteiger partial charge in [-0.1, -0.05) is 18.2 Å². The molecule has 1 aliphatic rings. The van der Waals surface area contributed by atoms with Gasteiger partial charge < -0.3 is 15.2 Å². The molecule has 1 aromatic heterocycles. The van der Waals surface area contributed by atoms with Gasteiger partial charge in [0.05, 0.1) is 5.69 Å². The second-order valence-electron chi connectivity index (χ2n) is 5.33. The molecule has 1 aliphatic heterocycles. The average Bonchev–Trinajstić information content (AvgIpc) is 3.24. The molecule has 0 unspecified atom stereocenters. The molecule has 23 heavy (non-hydrogen) atoms. The second-order valence-corrected chi connectivity index (χ2v) is 5.33. The number of aromatic nitrogens is 2. The highest BCUT2D eigenvalue weighted by molar-refractivity contribution is 5.82. The fourth-order valence-electron chi connectivity index (χ4n) is 2.60. The Kier molecular flexibility index (Phi) is 4.38. The molecule has 7 nitrogen and oxygen atoms in total. The average molecular weight is 315 g/mol. The van der Waals surface area contributed by atoms with Crippen LogP contribution in [0, 0.1) is 0 Å². The normalized spacial score (nSPS) is 20.3. The lowest BCUT2D eigenvalue weighted by Crippen LogP contribution is -2.35. The van der Waals surface area contributed by atoms with E-state index in [1.807, 2.05) is 36.5 Å². The zero-order valence-corrected chi connectivity index (χ0v) is 12.4. The summed E-state index contributed by atoms with van der Waals surface area (Å²) in [6.45, 7) is 0.326. The summed E-state index contributed by atoms with van der Waals surface area (Å²) in [4.78, 5) is 23.0. The number of ether oxygens (including phenoxy) is 1. The molecular formula is C16H17N3O4. The zero-order chi connectivity index (χ0) is 16.2. The number of rotatable bonds is 5. The van der Waals surface area contributed by atoms with E-state index < -0.39 is 18.2 Å². The Morgan fingerprint density at radius 3 is 2.74 bits per heavy atom. The van der Waals surface area contributed by atoms with Crippen LogP contribution in [0.25, 0.3) is 5.69 Å². The summed E-state index contributed by atoms with van der Waals surface area (Å²) in [6, 6.07) is 9.45. The van der Waals surface area contributed by atoms with Crippen molar-refractivity contribution in [2.24, 2.45) is 0 Å². The minimum atomic E-state index is -1.02. The van der Waals surface area contributed by atoms with Gasteiger partial charge >= 0.3 is 5.97 Å². The van der Waals surface area contributed by atoms with Crippen molar-refractivity contribution in [3.8, 4) is 5.69 Å². The van der Waals surface area contributed by atoms with Crippen molar-refractivity contribution in [1.29, 1.82) is 0 Å². The maximum absolute atomic E-state index is 12.1. The van der Waals surface area contributed by atoms with Crippen LogP contribution in [0.4, 0.5) is 0 Å². The molecule has 0 spiro atoms. The summed E-state index contributed by atoms with van der Waals surface area (Å²) >= 11 is 0. The van der Waals surface area contributed by atoms with Crippen LogP contribution >= 0.6 is 0 Å². The highest BCUT2D eigenvalue weighted by atomic mass is 16.5. The Morgan fingerprint density at radius 1 is 1.26 bits per heavy atom. The maximum atomic E-state index is 12.1. The molecule has 0 aliphatic carbocycles. The largest absolute Gasteiger partial charge is 0.479 e. The monoisotopic (exact) mass is 315 g/mol. The molecule has 0 saturated carbocycles. The molecular weight excluding hydrogens is 298 g/mol. The molecule has 2 aromatic rings. The minimum absolute atomic E-state index is 0.288. The first-order valence-electron chi connectivity index (χ1n) is 7.39. The summed E-state index contributed by atoms with van der Waals surface area (Å²) in [5, 5.41) is 15.9. The van der Waals surface area contributed by atoms with Crippen LogP contribution in [0.1, 0.15) is 18.4 Å². The molecule has 2 N–H and O–H groups in total. The number of carbonyl (C=O) groups is 2. The quantitative estimate of drug-likeness (QED) is 0.862. The fraction of sp³-hybridized carbons (Fsp3) is 0.312. The van der Waals surface area contributed by atoms with Gasteiger partial charge in [0.1, 0.15) is 6.10 Å². The van der Waals surface area contributed by atoms with E-state index in [2.05, 4.69) is 10.4 Å². The Bertz CT molecular complexity index is 699. The Labute approximate surface area is 132 Å². The van der Waals surface area contributed by atoms with Gasteiger partial charge in [-0.25, -0.2) is 9.48 Å². The Hall–Kier alpha value is -2.67. The number of hydrogen-bond acceptors (Lipinski definition) is 4. The first-order valence-corrected chi connectivity index (χ1v) is 7.39. The van der Waals surface area contributed by atoms with E-state index in [-0.39, 0.29) is 5.91 Å². The van der Waals surface area contributed by atoms with Crippen LogP contribution in [0.15, 0.2) is 42.7 Å². The first-order chi connectivity index (χ1) is 11.1. The molecule has 120 valence electrons. The van der Waals surface area contributed by atoms with Crippen molar-refractivity contribution in [3.63, 3.8) is 0 Å². The SMILES string of the molecule is O=C(NCc1ccccc1-n1cccn1)[C@@H]1CC[C@H](C(=O)O)O1. The van der Waals surface area contributed by atoms with Crippen molar-refractivity contribution < 1.29 is 19.4 Å². The number of amides is 1. The molecule has 0 radical (unpaired) electrons. The lowest BCUT2D eigenvalue weighted by molar-refractivity contribution is -0.151. The highest BCUT2D eigenvalue weighted by Crippen LogP contribution is 2.20. The summed E-state index contributed by atoms with van der Waals surface area (Å²) in [5.41, 5.74) is 1.80. The minimum Gasteiger partial charge on any atom is -0.479 e. The number of para-hydroxylation sites is 1. The van der Waals surface area contributed by atoms with E-state index in [0.29, 0.717) is 19.4 Å². The summed E-state index contributed by atoms with van der Waals surface area (Å²) in [6.07, 6.45) is 2.71. The Balaban J connectivity index is 1.63. The van der Waals surface area contributed by atoms with Crippen molar-refractivity contribution in [1.82, 2.24) is 15.1 Å². The predicted molar refractivity (Wildman–Crippen MR) is 80.9 cm³/mol. The Morgan fingerprint density at radius 2 is 2.04 bits per heavy atom. The first kappa shape index (κ1) is 15.2. The molecule has 7 heteroatoms. The lowest BCUT2D eigenvalue weighted by Gasteiger charge is -2.14. The van der Waals surface area contributed by atoms with Gasteiger partial charge in [-0.3, -0.25) is 4.79 Å². The van der Waals surface area contributed by atoms with Gasteiger partial charge in [-0.15, -0.1) is 0 Å². The number of carboxylic acids is 1. The standard InChI is InChI=1S/C16H17N3O4/c20-15(13-6-7-14(23-13)16(21)22)17-10-11-4-1-2-5-12(11)19-9-3-8-18-19/h1-5,8-9,13-14H,6-7,10H2,(H,17,20)(H,21,22)/t13-,14+/m0/s1. The number of nitrogens with one attached hydrogen (secondary N) is 1. The summed E-state index contributed by atoms with van der Waals surface area (Å²) in [5.74, 6) is -1.31. The molecule has 1 fully saturated rings. The van der Waals surface area contributed by atoms with Crippen molar-refractivity contribution in [2.75, 3.05) is 0 Å². The smallest absolute Gasteiger partial charge is 0.332 e. The molecule has 2 atom stereocenters. The third-order valence-corrected chi connectivity index (χ3v) is 3.78. The number of carboxylic acid groups (broad SMARTS) is 1. The van der Waals surface area contributed by atoms with Crippen LogP contribution in [-0.4, -0.2) is 39.0 Å². The van der Waals surface area contributed by atoms with Crippen molar-refractivity contribution in [2.45, 2.75) is 31.6 Å².